The van der Waals surface area contributed by atoms with Crippen LogP contribution in [0.3, 0.4) is 0 Å². The molecule has 0 unspecified atom stereocenters. The predicted molar refractivity (Wildman–Crippen MR) is 60.6 cm³/mol. The highest BCUT2D eigenvalue weighted by molar-refractivity contribution is 5.64. The average molecular weight is 253 g/mol. The highest BCUT2D eigenvalue weighted by Crippen LogP contribution is 2.34. The Morgan fingerprint density at radius 1 is 1.00 bits per heavy atom. The van der Waals surface area contributed by atoms with Crippen molar-refractivity contribution < 1.29 is 18.3 Å². The first-order valence-corrected chi connectivity index (χ1v) is 5.24. The predicted octanol–water partition coefficient (Wildman–Crippen LogP) is 3.26. The molecule has 1 aromatic carbocycles. The van der Waals surface area contributed by atoms with Crippen LogP contribution in [0.25, 0.3) is 11.1 Å². The summed E-state index contributed by atoms with van der Waals surface area (Å²) in [6, 6.07) is 7.15. The topological polar surface area (TPSA) is 33.1 Å². The van der Waals surface area contributed by atoms with E-state index in [0.717, 1.165) is 6.07 Å². The van der Waals surface area contributed by atoms with E-state index in [0.29, 0.717) is 11.1 Å². The molecular weight excluding hydrogens is 243 g/mol. The highest BCUT2D eigenvalue weighted by Gasteiger charge is 2.33. The van der Waals surface area contributed by atoms with Crippen molar-refractivity contribution in [2.24, 2.45) is 0 Å². The van der Waals surface area contributed by atoms with Crippen molar-refractivity contribution >= 4 is 0 Å². The Hall–Kier alpha value is -1.88. The van der Waals surface area contributed by atoms with Crippen LogP contribution in [-0.4, -0.2) is 10.1 Å². The van der Waals surface area contributed by atoms with E-state index in [1.807, 2.05) is 0 Å². The zero-order valence-electron chi connectivity index (χ0n) is 9.28. The van der Waals surface area contributed by atoms with Gasteiger partial charge in [-0.1, -0.05) is 12.1 Å². The normalized spacial score (nSPS) is 11.6. The van der Waals surface area contributed by atoms with E-state index < -0.39 is 18.3 Å². The van der Waals surface area contributed by atoms with E-state index in [1.165, 1.54) is 18.5 Å². The van der Waals surface area contributed by atoms with Crippen LogP contribution < -0.4 is 0 Å². The summed E-state index contributed by atoms with van der Waals surface area (Å²) in [5.41, 5.74) is 0.168. The molecule has 2 rings (SSSR count). The second-order valence-electron chi connectivity index (χ2n) is 3.76. The van der Waals surface area contributed by atoms with Crippen molar-refractivity contribution in [2.45, 2.75) is 12.8 Å². The second-order valence-corrected chi connectivity index (χ2v) is 3.76. The molecule has 1 heterocycles. The molecule has 1 N–H and O–H groups in total. The molecule has 18 heavy (non-hydrogen) atoms. The van der Waals surface area contributed by atoms with Gasteiger partial charge in [-0.25, -0.2) is 0 Å². The van der Waals surface area contributed by atoms with E-state index in [-0.39, 0.29) is 5.56 Å². The van der Waals surface area contributed by atoms with Crippen LogP contribution >= 0.6 is 0 Å². The Morgan fingerprint density at radius 2 is 1.67 bits per heavy atom. The minimum Gasteiger partial charge on any atom is -0.392 e. The molecule has 5 heteroatoms. The van der Waals surface area contributed by atoms with Gasteiger partial charge >= 0.3 is 6.18 Å². The molecule has 0 saturated heterocycles. The molecule has 2 aromatic rings. The van der Waals surface area contributed by atoms with Gasteiger partial charge in [-0.15, -0.1) is 0 Å². The Morgan fingerprint density at radius 3 is 2.22 bits per heavy atom. The maximum Gasteiger partial charge on any atom is 0.416 e. The highest BCUT2D eigenvalue weighted by atomic mass is 19.4. The SMILES string of the molecule is OCc1ccc(-c2ccncc2)cc1C(F)(F)F. The van der Waals surface area contributed by atoms with Gasteiger partial charge in [0.1, 0.15) is 0 Å². The van der Waals surface area contributed by atoms with Gasteiger partial charge in [-0.2, -0.15) is 13.2 Å². The maximum atomic E-state index is 12.8. The summed E-state index contributed by atoms with van der Waals surface area (Å²) in [5, 5.41) is 8.93. The number of benzene rings is 1. The lowest BCUT2D eigenvalue weighted by molar-refractivity contribution is -0.138. The van der Waals surface area contributed by atoms with Crippen LogP contribution in [0.15, 0.2) is 42.7 Å². The number of aliphatic hydroxyl groups excluding tert-OH is 1. The number of alkyl halides is 3. The molecule has 0 aliphatic rings. The summed E-state index contributed by atoms with van der Waals surface area (Å²) in [4.78, 5) is 3.81. The van der Waals surface area contributed by atoms with Crippen LogP contribution in [0, 0.1) is 0 Å². The third-order valence-electron chi connectivity index (χ3n) is 2.60. The summed E-state index contributed by atoms with van der Waals surface area (Å²) < 4.78 is 38.4. The molecule has 0 radical (unpaired) electrons. The number of aromatic nitrogens is 1. The quantitative estimate of drug-likeness (QED) is 0.891. The van der Waals surface area contributed by atoms with E-state index >= 15 is 0 Å². The summed E-state index contributed by atoms with van der Waals surface area (Å²) in [5.74, 6) is 0. The Labute approximate surface area is 102 Å². The van der Waals surface area contributed by atoms with Crippen molar-refractivity contribution in [1.29, 1.82) is 0 Å². The fraction of sp³-hybridized carbons (Fsp3) is 0.154. The van der Waals surface area contributed by atoms with Crippen molar-refractivity contribution in [3.8, 4) is 11.1 Å². The van der Waals surface area contributed by atoms with Gasteiger partial charge in [0.25, 0.3) is 0 Å². The van der Waals surface area contributed by atoms with E-state index in [9.17, 15) is 13.2 Å². The number of halogens is 3. The van der Waals surface area contributed by atoms with Crippen LogP contribution in [0.5, 0.6) is 0 Å². The van der Waals surface area contributed by atoms with Crippen molar-refractivity contribution in [3.63, 3.8) is 0 Å². The number of hydrogen-bond acceptors (Lipinski definition) is 2. The lowest BCUT2D eigenvalue weighted by atomic mass is 10.00. The van der Waals surface area contributed by atoms with E-state index in [2.05, 4.69) is 4.98 Å². The third-order valence-corrected chi connectivity index (χ3v) is 2.60. The zero-order chi connectivity index (χ0) is 13.2. The first kappa shape index (κ1) is 12.6. The van der Waals surface area contributed by atoms with Crippen LogP contribution in [-0.2, 0) is 12.8 Å². The number of pyridine rings is 1. The Balaban J connectivity index is 2.53. The van der Waals surface area contributed by atoms with Gasteiger partial charge in [0, 0.05) is 12.4 Å². The van der Waals surface area contributed by atoms with E-state index in [1.54, 1.807) is 18.2 Å². The standard InChI is InChI=1S/C13H10F3NO/c14-13(15,16)12-7-10(1-2-11(12)8-18)9-3-5-17-6-4-9/h1-7,18H,8H2. The Kier molecular flexibility index (Phi) is 3.34. The fourth-order valence-electron chi connectivity index (χ4n) is 1.70. The smallest absolute Gasteiger partial charge is 0.392 e. The molecule has 0 fully saturated rings. The average Bonchev–Trinajstić information content (AvgIpc) is 2.38. The molecule has 0 spiro atoms. The summed E-state index contributed by atoms with van der Waals surface area (Å²) in [6.45, 7) is -0.633. The number of aliphatic hydroxyl groups is 1. The number of hydrogen-bond donors (Lipinski definition) is 1. The van der Waals surface area contributed by atoms with Gasteiger partial charge < -0.3 is 5.11 Å². The number of nitrogens with zero attached hydrogens (tertiary/aromatic N) is 1. The van der Waals surface area contributed by atoms with Crippen molar-refractivity contribution in [1.82, 2.24) is 4.98 Å². The molecule has 0 atom stereocenters. The fourth-order valence-corrected chi connectivity index (χ4v) is 1.70. The zero-order valence-corrected chi connectivity index (χ0v) is 9.28. The molecule has 0 saturated carbocycles. The molecule has 94 valence electrons. The first-order chi connectivity index (χ1) is 8.52. The minimum atomic E-state index is -4.47. The maximum absolute atomic E-state index is 12.8. The van der Waals surface area contributed by atoms with Gasteiger partial charge in [-0.05, 0) is 34.9 Å². The monoisotopic (exact) mass is 253 g/mol. The van der Waals surface area contributed by atoms with Gasteiger partial charge in [-0.3, -0.25) is 4.98 Å². The molecular formula is C13H10F3NO. The van der Waals surface area contributed by atoms with Crippen LogP contribution in [0.4, 0.5) is 13.2 Å². The van der Waals surface area contributed by atoms with E-state index in [4.69, 9.17) is 5.11 Å². The first-order valence-electron chi connectivity index (χ1n) is 5.24. The summed E-state index contributed by atoms with van der Waals surface area (Å²) in [6.07, 6.45) is -1.44. The van der Waals surface area contributed by atoms with Crippen molar-refractivity contribution in [3.05, 3.63) is 53.9 Å². The largest absolute Gasteiger partial charge is 0.416 e. The van der Waals surface area contributed by atoms with Crippen LogP contribution in [0.1, 0.15) is 11.1 Å². The molecule has 2 nitrogen and oxygen atoms in total. The molecule has 1 aromatic heterocycles. The molecule has 0 bridgehead atoms. The number of rotatable bonds is 2. The van der Waals surface area contributed by atoms with Gasteiger partial charge in [0.2, 0.25) is 0 Å². The van der Waals surface area contributed by atoms with Gasteiger partial charge in [0.15, 0.2) is 0 Å². The molecule has 0 aliphatic heterocycles. The summed E-state index contributed by atoms with van der Waals surface area (Å²) in [7, 11) is 0. The Bertz CT molecular complexity index is 538. The van der Waals surface area contributed by atoms with Crippen molar-refractivity contribution in [2.75, 3.05) is 0 Å². The van der Waals surface area contributed by atoms with Gasteiger partial charge in [0.05, 0.1) is 12.2 Å². The molecule has 0 aliphatic carbocycles. The molecule has 0 amide bonds. The third kappa shape index (κ3) is 2.51. The van der Waals surface area contributed by atoms with Crippen LogP contribution in [0.2, 0.25) is 0 Å². The lowest BCUT2D eigenvalue weighted by Crippen LogP contribution is -2.09. The summed E-state index contributed by atoms with van der Waals surface area (Å²) >= 11 is 0. The lowest BCUT2D eigenvalue weighted by Gasteiger charge is -2.13. The second kappa shape index (κ2) is 4.78. The minimum absolute atomic E-state index is 0.125.